The van der Waals surface area contributed by atoms with Gasteiger partial charge in [-0.15, -0.1) is 0 Å². The van der Waals surface area contributed by atoms with Gasteiger partial charge in [-0.1, -0.05) is 24.3 Å². The molecule has 100 valence electrons. The Morgan fingerprint density at radius 3 is 2.68 bits per heavy atom. The number of phenolic OH excluding ortho intramolecular Hbond substituents is 1. The first kappa shape index (κ1) is 13.3. The van der Waals surface area contributed by atoms with Crippen molar-refractivity contribution in [2.75, 3.05) is 19.0 Å². The molecule has 0 aliphatic rings. The van der Waals surface area contributed by atoms with E-state index in [1.165, 1.54) is 7.11 Å². The first-order valence-electron chi connectivity index (χ1n) is 5.91. The zero-order valence-electron chi connectivity index (χ0n) is 10.6. The third-order valence-corrected chi connectivity index (χ3v) is 2.95. The minimum atomic E-state index is -0.687. The molecular weight excluding hydrogens is 244 g/mol. The minimum Gasteiger partial charge on any atom is -0.507 e. The second-order valence-corrected chi connectivity index (χ2v) is 4.13. The van der Waals surface area contributed by atoms with Crippen LogP contribution < -0.4 is 11.1 Å². The van der Waals surface area contributed by atoms with Crippen LogP contribution in [0.2, 0.25) is 0 Å². The summed E-state index contributed by atoms with van der Waals surface area (Å²) in [6, 6.07) is 10.5. The van der Waals surface area contributed by atoms with Crippen LogP contribution in [-0.4, -0.2) is 30.8 Å². The van der Waals surface area contributed by atoms with Crippen molar-refractivity contribution in [3.8, 4) is 5.75 Å². The quantitative estimate of drug-likeness (QED) is 0.777. The summed E-state index contributed by atoms with van der Waals surface area (Å²) in [7, 11) is 1.44. The summed E-state index contributed by atoms with van der Waals surface area (Å²) in [6.07, 6.45) is -0.687. The molecule has 1 amide bonds. The molecule has 1 atom stereocenters. The molecule has 0 saturated heterocycles. The van der Waals surface area contributed by atoms with Crippen LogP contribution in [0.25, 0.3) is 10.8 Å². The van der Waals surface area contributed by atoms with Gasteiger partial charge in [0.1, 0.15) is 11.9 Å². The predicted molar refractivity (Wildman–Crippen MR) is 74.1 cm³/mol. The van der Waals surface area contributed by atoms with E-state index < -0.39 is 6.10 Å². The van der Waals surface area contributed by atoms with E-state index >= 15 is 0 Å². The molecule has 0 saturated carbocycles. The number of ether oxygens (including phenoxy) is 1. The van der Waals surface area contributed by atoms with E-state index in [1.54, 1.807) is 30.3 Å². The number of aromatic hydroxyl groups is 1. The molecule has 5 nitrogen and oxygen atoms in total. The second kappa shape index (κ2) is 5.69. The van der Waals surface area contributed by atoms with Crippen LogP contribution in [0.3, 0.4) is 0 Å². The van der Waals surface area contributed by atoms with Gasteiger partial charge in [0, 0.05) is 30.1 Å². The number of anilines is 1. The first-order chi connectivity index (χ1) is 9.17. The fraction of sp³-hybridized carbons (Fsp3) is 0.214. The number of rotatable bonds is 4. The summed E-state index contributed by atoms with van der Waals surface area (Å²) in [5, 5.41) is 14.0. The van der Waals surface area contributed by atoms with E-state index in [4.69, 9.17) is 10.5 Å². The normalized spacial score (nSPS) is 12.3. The Balaban J connectivity index is 2.36. The Kier molecular flexibility index (Phi) is 3.99. The molecule has 0 radical (unpaired) electrons. The van der Waals surface area contributed by atoms with Crippen LogP contribution in [0.5, 0.6) is 5.75 Å². The van der Waals surface area contributed by atoms with Crippen LogP contribution in [0.4, 0.5) is 5.69 Å². The third-order valence-electron chi connectivity index (χ3n) is 2.95. The van der Waals surface area contributed by atoms with Gasteiger partial charge >= 0.3 is 0 Å². The first-order valence-corrected chi connectivity index (χ1v) is 5.91. The Labute approximate surface area is 111 Å². The van der Waals surface area contributed by atoms with Crippen molar-refractivity contribution < 1.29 is 14.6 Å². The highest BCUT2D eigenvalue weighted by Crippen LogP contribution is 2.29. The smallest absolute Gasteiger partial charge is 0.254 e. The average molecular weight is 260 g/mol. The highest BCUT2D eigenvalue weighted by Gasteiger charge is 2.16. The lowest BCUT2D eigenvalue weighted by atomic mass is 10.1. The van der Waals surface area contributed by atoms with E-state index in [1.807, 2.05) is 6.07 Å². The van der Waals surface area contributed by atoms with Crippen LogP contribution in [-0.2, 0) is 9.53 Å². The topological polar surface area (TPSA) is 84.6 Å². The molecule has 5 heteroatoms. The van der Waals surface area contributed by atoms with Gasteiger partial charge in [-0.3, -0.25) is 4.79 Å². The lowest BCUT2D eigenvalue weighted by molar-refractivity contribution is -0.125. The summed E-state index contributed by atoms with van der Waals surface area (Å²) >= 11 is 0. The highest BCUT2D eigenvalue weighted by atomic mass is 16.5. The van der Waals surface area contributed by atoms with Crippen molar-refractivity contribution in [2.24, 2.45) is 5.73 Å². The van der Waals surface area contributed by atoms with Gasteiger partial charge in [0.15, 0.2) is 0 Å². The van der Waals surface area contributed by atoms with Gasteiger partial charge in [-0.25, -0.2) is 0 Å². The Hall–Kier alpha value is -2.11. The van der Waals surface area contributed by atoms with Crippen LogP contribution in [0.15, 0.2) is 36.4 Å². The van der Waals surface area contributed by atoms with Crippen molar-refractivity contribution in [3.63, 3.8) is 0 Å². The number of hydrogen-bond acceptors (Lipinski definition) is 4. The summed E-state index contributed by atoms with van der Waals surface area (Å²) in [5.41, 5.74) is 6.07. The summed E-state index contributed by atoms with van der Waals surface area (Å²) in [5.74, 6) is -0.128. The molecule has 2 aromatic rings. The highest BCUT2D eigenvalue weighted by molar-refractivity contribution is 6.05. The fourth-order valence-corrected chi connectivity index (χ4v) is 1.93. The van der Waals surface area contributed by atoms with Gasteiger partial charge < -0.3 is 20.9 Å². The molecule has 2 rings (SSSR count). The van der Waals surface area contributed by atoms with Crippen molar-refractivity contribution >= 4 is 22.4 Å². The summed E-state index contributed by atoms with van der Waals surface area (Å²) in [4.78, 5) is 11.9. The second-order valence-electron chi connectivity index (χ2n) is 4.13. The van der Waals surface area contributed by atoms with E-state index in [2.05, 4.69) is 5.32 Å². The third kappa shape index (κ3) is 2.67. The van der Waals surface area contributed by atoms with Gasteiger partial charge in [-0.2, -0.15) is 0 Å². The van der Waals surface area contributed by atoms with Crippen LogP contribution in [0, 0.1) is 0 Å². The number of hydrogen-bond donors (Lipinski definition) is 3. The Morgan fingerprint density at radius 1 is 1.32 bits per heavy atom. The maximum Gasteiger partial charge on any atom is 0.254 e. The van der Waals surface area contributed by atoms with E-state index in [9.17, 15) is 9.90 Å². The van der Waals surface area contributed by atoms with Gasteiger partial charge in [-0.05, 0) is 12.1 Å². The number of methoxy groups -OCH3 is 1. The molecule has 0 fully saturated rings. The van der Waals surface area contributed by atoms with Gasteiger partial charge in [0.2, 0.25) is 0 Å². The number of phenols is 1. The minimum absolute atomic E-state index is 0.109. The van der Waals surface area contributed by atoms with Crippen molar-refractivity contribution in [1.29, 1.82) is 0 Å². The number of benzene rings is 2. The van der Waals surface area contributed by atoms with Crippen LogP contribution in [0.1, 0.15) is 0 Å². The predicted octanol–water partition coefficient (Wildman–Crippen LogP) is 1.46. The van der Waals surface area contributed by atoms with E-state index in [-0.39, 0.29) is 18.2 Å². The van der Waals surface area contributed by atoms with Crippen molar-refractivity contribution in [2.45, 2.75) is 6.10 Å². The molecule has 0 heterocycles. The Morgan fingerprint density at radius 2 is 2.00 bits per heavy atom. The molecule has 0 spiro atoms. The fourth-order valence-electron chi connectivity index (χ4n) is 1.93. The maximum absolute atomic E-state index is 11.9. The van der Waals surface area contributed by atoms with Crippen molar-refractivity contribution in [1.82, 2.24) is 0 Å². The summed E-state index contributed by atoms with van der Waals surface area (Å²) in [6.45, 7) is 0.109. The molecule has 0 bridgehead atoms. The number of fused-ring (bicyclic) bond motifs is 1. The molecule has 0 aliphatic heterocycles. The molecular formula is C14H16N2O3. The van der Waals surface area contributed by atoms with E-state index in [0.29, 0.717) is 11.1 Å². The SMILES string of the molecule is COC(CN)C(=O)Nc1cccc2c(O)cccc12. The lowest BCUT2D eigenvalue weighted by Gasteiger charge is -2.14. The van der Waals surface area contributed by atoms with Crippen molar-refractivity contribution in [3.05, 3.63) is 36.4 Å². The molecule has 0 aliphatic carbocycles. The summed E-state index contributed by atoms with van der Waals surface area (Å²) < 4.78 is 4.98. The maximum atomic E-state index is 11.9. The number of nitrogens with two attached hydrogens (primary N) is 1. The largest absolute Gasteiger partial charge is 0.507 e. The van der Waals surface area contributed by atoms with E-state index in [0.717, 1.165) is 5.39 Å². The molecule has 4 N–H and O–H groups in total. The number of carbonyl (C=O) groups is 1. The average Bonchev–Trinajstić information content (AvgIpc) is 2.41. The zero-order chi connectivity index (χ0) is 13.8. The monoisotopic (exact) mass is 260 g/mol. The molecule has 0 aromatic heterocycles. The number of nitrogens with one attached hydrogen (secondary N) is 1. The Bertz CT molecular complexity index is 594. The van der Waals surface area contributed by atoms with Gasteiger partial charge in [0.05, 0.1) is 0 Å². The molecule has 1 unspecified atom stereocenters. The zero-order valence-corrected chi connectivity index (χ0v) is 10.6. The molecule has 19 heavy (non-hydrogen) atoms. The lowest BCUT2D eigenvalue weighted by Crippen LogP contribution is -2.35. The molecule has 2 aromatic carbocycles. The van der Waals surface area contributed by atoms with Gasteiger partial charge in [0.25, 0.3) is 5.91 Å². The van der Waals surface area contributed by atoms with Crippen LogP contribution >= 0.6 is 0 Å². The standard InChI is InChI=1S/C14H16N2O3/c1-19-13(8-15)14(18)16-11-6-2-5-10-9(11)4-3-7-12(10)17/h2-7,13,17H,8,15H2,1H3,(H,16,18). The number of amides is 1. The number of carbonyl (C=O) groups excluding carboxylic acids is 1.